The number of hydrogen-bond donors (Lipinski definition) is 0. The number of amides is 1. The normalized spacial score (nSPS) is 10.3. The van der Waals surface area contributed by atoms with Crippen molar-refractivity contribution in [2.75, 3.05) is 4.90 Å². The second-order valence-corrected chi connectivity index (χ2v) is 5.89. The first-order valence-electron chi connectivity index (χ1n) is 8.06. The fraction of sp³-hybridized carbons (Fsp3) is 0.100. The van der Waals surface area contributed by atoms with Gasteiger partial charge in [-0.3, -0.25) is 19.9 Å². The summed E-state index contributed by atoms with van der Waals surface area (Å²) in [5.41, 5.74) is 3.15. The van der Waals surface area contributed by atoms with Crippen molar-refractivity contribution in [2.24, 2.45) is 0 Å². The number of anilines is 1. The van der Waals surface area contributed by atoms with E-state index in [2.05, 4.69) is 4.98 Å². The molecule has 6 heteroatoms. The minimum absolute atomic E-state index is 0.0224. The molecule has 0 fully saturated rings. The molecule has 0 aliphatic rings. The summed E-state index contributed by atoms with van der Waals surface area (Å²) >= 11 is 0. The molecule has 26 heavy (non-hydrogen) atoms. The van der Waals surface area contributed by atoms with Crippen LogP contribution in [0.1, 0.15) is 21.5 Å². The molecular formula is C20H17N3O3. The Balaban J connectivity index is 1.93. The van der Waals surface area contributed by atoms with Gasteiger partial charge in [0.15, 0.2) is 0 Å². The maximum atomic E-state index is 13.0. The summed E-state index contributed by atoms with van der Waals surface area (Å²) in [6.45, 7) is 2.28. The Kier molecular flexibility index (Phi) is 5.03. The van der Waals surface area contributed by atoms with Crippen molar-refractivity contribution in [2.45, 2.75) is 13.5 Å². The first-order chi connectivity index (χ1) is 12.5. The van der Waals surface area contributed by atoms with Crippen LogP contribution in [0, 0.1) is 17.0 Å². The van der Waals surface area contributed by atoms with Crippen LogP contribution in [0.15, 0.2) is 73.1 Å². The molecule has 2 aromatic carbocycles. The zero-order valence-electron chi connectivity index (χ0n) is 14.2. The SMILES string of the molecule is Cc1ccc(N(Cc2ccc([N+](=O)[O-])cc2)C(=O)c2cccnc2)cc1. The molecule has 3 aromatic rings. The third-order valence-electron chi connectivity index (χ3n) is 3.99. The standard InChI is InChI=1S/C20H17N3O3/c1-15-4-8-18(9-5-15)22(20(24)17-3-2-12-21-13-17)14-16-6-10-19(11-7-16)23(25)26/h2-13H,14H2,1H3. The molecule has 0 N–H and O–H groups in total. The lowest BCUT2D eigenvalue weighted by Crippen LogP contribution is -2.30. The molecule has 1 amide bonds. The molecule has 0 radical (unpaired) electrons. The van der Waals surface area contributed by atoms with E-state index in [0.29, 0.717) is 12.1 Å². The quantitative estimate of drug-likeness (QED) is 0.513. The number of hydrogen-bond acceptors (Lipinski definition) is 4. The highest BCUT2D eigenvalue weighted by atomic mass is 16.6. The number of nitro benzene ring substituents is 1. The lowest BCUT2D eigenvalue weighted by molar-refractivity contribution is -0.384. The third kappa shape index (κ3) is 3.92. The summed E-state index contributed by atoms with van der Waals surface area (Å²) in [6.07, 6.45) is 3.14. The molecule has 0 unspecified atom stereocenters. The number of aryl methyl sites for hydroxylation is 1. The maximum Gasteiger partial charge on any atom is 0.269 e. The van der Waals surface area contributed by atoms with Crippen LogP contribution in [0.25, 0.3) is 0 Å². The van der Waals surface area contributed by atoms with Crippen molar-refractivity contribution < 1.29 is 9.72 Å². The topological polar surface area (TPSA) is 76.3 Å². The van der Waals surface area contributed by atoms with Gasteiger partial charge in [-0.05, 0) is 36.8 Å². The molecule has 0 saturated heterocycles. The first kappa shape index (κ1) is 17.3. The van der Waals surface area contributed by atoms with Crippen molar-refractivity contribution in [1.82, 2.24) is 4.98 Å². The van der Waals surface area contributed by atoms with Crippen molar-refractivity contribution in [3.8, 4) is 0 Å². The lowest BCUT2D eigenvalue weighted by atomic mass is 10.1. The summed E-state index contributed by atoms with van der Waals surface area (Å²) in [4.78, 5) is 29.0. The van der Waals surface area contributed by atoms with E-state index in [9.17, 15) is 14.9 Å². The van der Waals surface area contributed by atoms with E-state index in [1.54, 1.807) is 35.4 Å². The lowest BCUT2D eigenvalue weighted by Gasteiger charge is -2.23. The van der Waals surface area contributed by atoms with Gasteiger partial charge in [0.25, 0.3) is 11.6 Å². The second kappa shape index (κ2) is 7.57. The highest BCUT2D eigenvalue weighted by molar-refractivity contribution is 6.05. The molecule has 0 aliphatic heterocycles. The van der Waals surface area contributed by atoms with Crippen LogP contribution in [0.4, 0.5) is 11.4 Å². The summed E-state index contributed by atoms with van der Waals surface area (Å²) < 4.78 is 0. The number of rotatable bonds is 5. The summed E-state index contributed by atoms with van der Waals surface area (Å²) in [7, 11) is 0. The van der Waals surface area contributed by atoms with Gasteiger partial charge >= 0.3 is 0 Å². The van der Waals surface area contributed by atoms with Crippen LogP contribution in [0.2, 0.25) is 0 Å². The van der Waals surface area contributed by atoms with Crippen LogP contribution in [0.5, 0.6) is 0 Å². The molecule has 1 heterocycles. The third-order valence-corrected chi connectivity index (χ3v) is 3.99. The maximum absolute atomic E-state index is 13.0. The molecule has 0 saturated carbocycles. The van der Waals surface area contributed by atoms with Gasteiger partial charge in [-0.1, -0.05) is 29.8 Å². The average molecular weight is 347 g/mol. The van der Waals surface area contributed by atoms with E-state index in [0.717, 1.165) is 16.8 Å². The minimum Gasteiger partial charge on any atom is -0.304 e. The minimum atomic E-state index is -0.442. The average Bonchev–Trinajstić information content (AvgIpc) is 2.67. The van der Waals surface area contributed by atoms with Gasteiger partial charge in [0.2, 0.25) is 0 Å². The molecule has 0 spiro atoms. The summed E-state index contributed by atoms with van der Waals surface area (Å²) in [5, 5.41) is 10.8. The van der Waals surface area contributed by atoms with Gasteiger partial charge in [-0.25, -0.2) is 0 Å². The van der Waals surface area contributed by atoms with E-state index >= 15 is 0 Å². The Morgan fingerprint density at radius 1 is 1.08 bits per heavy atom. The zero-order chi connectivity index (χ0) is 18.5. The molecule has 6 nitrogen and oxygen atoms in total. The molecule has 1 aromatic heterocycles. The molecule has 3 rings (SSSR count). The van der Waals surface area contributed by atoms with E-state index in [1.165, 1.54) is 18.3 Å². The Morgan fingerprint density at radius 2 is 1.77 bits per heavy atom. The number of carbonyl (C=O) groups is 1. The molecule has 0 atom stereocenters. The van der Waals surface area contributed by atoms with Gasteiger partial charge in [-0.2, -0.15) is 0 Å². The molecular weight excluding hydrogens is 330 g/mol. The van der Waals surface area contributed by atoms with Crippen LogP contribution in [-0.2, 0) is 6.54 Å². The van der Waals surface area contributed by atoms with Crippen LogP contribution in [-0.4, -0.2) is 15.8 Å². The number of aromatic nitrogens is 1. The summed E-state index contributed by atoms with van der Waals surface area (Å²) in [5.74, 6) is -0.180. The fourth-order valence-electron chi connectivity index (χ4n) is 2.56. The van der Waals surface area contributed by atoms with Crippen molar-refractivity contribution in [3.05, 3.63) is 99.9 Å². The van der Waals surface area contributed by atoms with Gasteiger partial charge in [0.1, 0.15) is 0 Å². The van der Waals surface area contributed by atoms with E-state index in [1.807, 2.05) is 31.2 Å². The smallest absolute Gasteiger partial charge is 0.269 e. The highest BCUT2D eigenvalue weighted by Crippen LogP contribution is 2.22. The fourth-order valence-corrected chi connectivity index (χ4v) is 2.56. The largest absolute Gasteiger partial charge is 0.304 e. The number of carbonyl (C=O) groups excluding carboxylic acids is 1. The monoisotopic (exact) mass is 347 g/mol. The van der Waals surface area contributed by atoms with Gasteiger partial charge < -0.3 is 4.90 Å². The Morgan fingerprint density at radius 3 is 2.35 bits per heavy atom. The van der Waals surface area contributed by atoms with Crippen LogP contribution >= 0.6 is 0 Å². The van der Waals surface area contributed by atoms with E-state index in [4.69, 9.17) is 0 Å². The van der Waals surface area contributed by atoms with Crippen LogP contribution < -0.4 is 4.90 Å². The number of benzene rings is 2. The molecule has 0 aliphatic carbocycles. The summed E-state index contributed by atoms with van der Waals surface area (Å²) in [6, 6.07) is 17.3. The molecule has 0 bridgehead atoms. The highest BCUT2D eigenvalue weighted by Gasteiger charge is 2.19. The van der Waals surface area contributed by atoms with Gasteiger partial charge in [0.05, 0.1) is 17.0 Å². The van der Waals surface area contributed by atoms with E-state index in [-0.39, 0.29) is 11.6 Å². The first-order valence-corrected chi connectivity index (χ1v) is 8.06. The Labute approximate surface area is 150 Å². The predicted molar refractivity (Wildman–Crippen MR) is 99.0 cm³/mol. The number of non-ortho nitro benzene ring substituents is 1. The number of pyridine rings is 1. The predicted octanol–water partition coefficient (Wildman–Crippen LogP) is 4.15. The number of nitro groups is 1. The zero-order valence-corrected chi connectivity index (χ0v) is 14.2. The van der Waals surface area contributed by atoms with Crippen molar-refractivity contribution in [3.63, 3.8) is 0 Å². The van der Waals surface area contributed by atoms with Crippen molar-refractivity contribution >= 4 is 17.3 Å². The number of nitrogens with zero attached hydrogens (tertiary/aromatic N) is 3. The molecule has 130 valence electrons. The Bertz CT molecular complexity index is 907. The van der Waals surface area contributed by atoms with Crippen LogP contribution in [0.3, 0.4) is 0 Å². The van der Waals surface area contributed by atoms with Gasteiger partial charge in [-0.15, -0.1) is 0 Å². The van der Waals surface area contributed by atoms with Crippen molar-refractivity contribution in [1.29, 1.82) is 0 Å². The second-order valence-electron chi connectivity index (χ2n) is 5.89. The van der Waals surface area contributed by atoms with Gasteiger partial charge in [0, 0.05) is 30.2 Å². The Hall–Kier alpha value is -3.54. The van der Waals surface area contributed by atoms with E-state index < -0.39 is 4.92 Å².